The molecule has 5 rings (SSSR count). The number of carbonyl (C=O) groups is 2. The number of benzene rings is 3. The van der Waals surface area contributed by atoms with Crippen LogP contribution in [0.25, 0.3) is 16.5 Å². The van der Waals surface area contributed by atoms with E-state index in [2.05, 4.69) is 36.4 Å². The number of nitrogens with zero attached hydrogens (tertiary/aromatic N) is 4. The molecule has 3 amide bonds. The fourth-order valence-electron chi connectivity index (χ4n) is 4.73. The zero-order valence-corrected chi connectivity index (χ0v) is 25.6. The van der Waals surface area contributed by atoms with Crippen molar-refractivity contribution in [2.75, 3.05) is 29.1 Å². The van der Waals surface area contributed by atoms with Crippen molar-refractivity contribution in [2.24, 2.45) is 5.73 Å². The smallest absolute Gasteiger partial charge is 0.324 e. The van der Waals surface area contributed by atoms with Crippen LogP contribution >= 0.6 is 0 Å². The second kappa shape index (κ2) is 12.5. The Morgan fingerprint density at radius 3 is 2.39 bits per heavy atom. The number of anilines is 3. The van der Waals surface area contributed by atoms with Crippen molar-refractivity contribution in [3.8, 4) is 11.4 Å². The monoisotopic (exact) mass is 591 g/mol. The van der Waals surface area contributed by atoms with Crippen molar-refractivity contribution in [2.45, 2.75) is 39.7 Å². The number of urea groups is 1. The number of aryl methyl sites for hydroxylation is 1. The molecule has 0 aliphatic rings. The number of amides is 3. The average Bonchev–Trinajstić information content (AvgIpc) is 3.41. The topological polar surface area (TPSA) is 127 Å². The highest BCUT2D eigenvalue weighted by atomic mass is 16.5. The molecule has 4 N–H and O–H groups in total. The molecule has 10 nitrogen and oxygen atoms in total. The molecule has 3 aromatic carbocycles. The van der Waals surface area contributed by atoms with Gasteiger partial charge in [0, 0.05) is 35.5 Å². The number of ether oxygens (including phenoxy) is 1. The summed E-state index contributed by atoms with van der Waals surface area (Å²) in [6.45, 7) is 8.65. The van der Waals surface area contributed by atoms with Gasteiger partial charge >= 0.3 is 6.03 Å². The van der Waals surface area contributed by atoms with Gasteiger partial charge in [0.05, 0.1) is 23.6 Å². The molecular weight excluding hydrogens is 554 g/mol. The van der Waals surface area contributed by atoms with Crippen molar-refractivity contribution in [3.63, 3.8) is 0 Å². The molecule has 10 heteroatoms. The molecule has 0 radical (unpaired) electrons. The summed E-state index contributed by atoms with van der Waals surface area (Å²) in [4.78, 5) is 30.6. The third-order valence-corrected chi connectivity index (χ3v) is 7.12. The number of hydrogen-bond acceptors (Lipinski definition) is 6. The number of nitrogens with one attached hydrogen (secondary N) is 2. The molecule has 2 aromatic heterocycles. The van der Waals surface area contributed by atoms with E-state index in [1.807, 2.05) is 85.8 Å². The minimum Gasteiger partial charge on any atom is -0.488 e. The highest BCUT2D eigenvalue weighted by molar-refractivity contribution is 6.07. The molecular formula is C34H37N7O3. The number of primary amides is 1. The van der Waals surface area contributed by atoms with Gasteiger partial charge in [-0.2, -0.15) is 5.10 Å². The average molecular weight is 592 g/mol. The Labute approximate surface area is 256 Å². The highest BCUT2D eigenvalue weighted by Gasteiger charge is 2.22. The second-order valence-electron chi connectivity index (χ2n) is 11.8. The Hall–Kier alpha value is -5.38. The number of pyridine rings is 1. The Kier molecular flexibility index (Phi) is 8.52. The third kappa shape index (κ3) is 6.97. The van der Waals surface area contributed by atoms with E-state index in [0.29, 0.717) is 23.1 Å². The van der Waals surface area contributed by atoms with Crippen LogP contribution in [0, 0.1) is 6.92 Å². The van der Waals surface area contributed by atoms with E-state index in [0.717, 1.165) is 33.3 Å². The Morgan fingerprint density at radius 2 is 1.68 bits per heavy atom. The molecule has 0 aliphatic heterocycles. The van der Waals surface area contributed by atoms with Crippen LogP contribution in [-0.4, -0.2) is 40.3 Å². The zero-order chi connectivity index (χ0) is 31.4. The molecule has 2 heterocycles. The lowest BCUT2D eigenvalue weighted by molar-refractivity contribution is -0.116. The van der Waals surface area contributed by atoms with Gasteiger partial charge < -0.3 is 20.7 Å². The van der Waals surface area contributed by atoms with Gasteiger partial charge in [0.2, 0.25) is 5.91 Å². The molecule has 0 fully saturated rings. The molecule has 0 aliphatic carbocycles. The van der Waals surface area contributed by atoms with Crippen LogP contribution in [0.5, 0.6) is 5.75 Å². The van der Waals surface area contributed by atoms with Gasteiger partial charge in [-0.05, 0) is 48.9 Å². The minimum atomic E-state index is -0.434. The summed E-state index contributed by atoms with van der Waals surface area (Å²) in [5.41, 5.74) is 9.50. The molecule has 0 atom stereocenters. The summed E-state index contributed by atoms with van der Waals surface area (Å²) in [7, 11) is 1.76. The van der Waals surface area contributed by atoms with Gasteiger partial charge in [-0.25, -0.2) is 14.5 Å². The molecule has 226 valence electrons. The SMILES string of the molecule is Cc1ccc(-n2nc(C(C)(C)C)cc2NC(=O)Nc2ccc(OCc3ccnc(N(C)CC(N)=O)c3)c3ccccc23)cc1. The first-order valence-corrected chi connectivity index (χ1v) is 14.3. The van der Waals surface area contributed by atoms with Gasteiger partial charge in [-0.1, -0.05) is 62.7 Å². The zero-order valence-electron chi connectivity index (χ0n) is 25.6. The lowest BCUT2D eigenvalue weighted by Crippen LogP contribution is -2.31. The first-order chi connectivity index (χ1) is 21.0. The van der Waals surface area contributed by atoms with Crippen LogP contribution in [0.15, 0.2) is 85.1 Å². The maximum atomic E-state index is 13.3. The lowest BCUT2D eigenvalue weighted by atomic mass is 9.92. The van der Waals surface area contributed by atoms with Crippen LogP contribution in [0.2, 0.25) is 0 Å². The van der Waals surface area contributed by atoms with Gasteiger partial charge in [-0.3, -0.25) is 10.1 Å². The molecule has 0 unspecified atom stereocenters. The number of fused-ring (bicyclic) bond motifs is 1. The predicted octanol–water partition coefficient (Wildman–Crippen LogP) is 6.17. The van der Waals surface area contributed by atoms with Gasteiger partial charge in [0.15, 0.2) is 0 Å². The molecule has 5 aromatic rings. The van der Waals surface area contributed by atoms with E-state index in [1.165, 1.54) is 0 Å². The Balaban J connectivity index is 1.35. The number of likely N-dealkylation sites (N-methyl/N-ethyl adjacent to an activating group) is 1. The summed E-state index contributed by atoms with van der Waals surface area (Å²) in [5, 5.41) is 12.5. The number of nitrogens with two attached hydrogens (primary N) is 1. The van der Waals surface area contributed by atoms with Crippen LogP contribution in [-0.2, 0) is 16.8 Å². The second-order valence-corrected chi connectivity index (χ2v) is 11.8. The summed E-state index contributed by atoms with van der Waals surface area (Å²) < 4.78 is 7.96. The maximum absolute atomic E-state index is 13.3. The lowest BCUT2D eigenvalue weighted by Gasteiger charge is -2.17. The molecule has 44 heavy (non-hydrogen) atoms. The number of rotatable bonds is 9. The van der Waals surface area contributed by atoms with Crippen LogP contribution in [0.3, 0.4) is 0 Å². The van der Waals surface area contributed by atoms with Crippen LogP contribution in [0.1, 0.15) is 37.6 Å². The predicted molar refractivity (Wildman–Crippen MR) is 175 cm³/mol. The number of hydrogen-bond donors (Lipinski definition) is 3. The largest absolute Gasteiger partial charge is 0.488 e. The van der Waals surface area contributed by atoms with Gasteiger partial charge in [0.25, 0.3) is 0 Å². The summed E-state index contributed by atoms with van der Waals surface area (Å²) in [5.74, 6) is 1.43. The molecule has 0 saturated heterocycles. The number of carbonyl (C=O) groups excluding carboxylic acids is 2. The van der Waals surface area contributed by atoms with Crippen LogP contribution < -0.4 is 26.0 Å². The van der Waals surface area contributed by atoms with Gasteiger partial charge in [-0.15, -0.1) is 0 Å². The first kappa shape index (κ1) is 30.1. The Morgan fingerprint density at radius 1 is 0.955 bits per heavy atom. The Bertz CT molecular complexity index is 1810. The summed E-state index contributed by atoms with van der Waals surface area (Å²) >= 11 is 0. The maximum Gasteiger partial charge on any atom is 0.324 e. The van der Waals surface area contributed by atoms with E-state index in [1.54, 1.807) is 22.8 Å². The van der Waals surface area contributed by atoms with Crippen molar-refractivity contribution in [1.29, 1.82) is 0 Å². The van der Waals surface area contributed by atoms with Crippen molar-refractivity contribution >= 4 is 40.0 Å². The van der Waals surface area contributed by atoms with Crippen molar-refractivity contribution < 1.29 is 14.3 Å². The van der Waals surface area contributed by atoms with E-state index in [4.69, 9.17) is 15.6 Å². The van der Waals surface area contributed by atoms with Crippen LogP contribution in [0.4, 0.5) is 22.1 Å². The fourth-order valence-corrected chi connectivity index (χ4v) is 4.73. The molecule has 0 bridgehead atoms. The minimum absolute atomic E-state index is 0.0655. The fraction of sp³-hybridized carbons (Fsp3) is 0.235. The first-order valence-electron chi connectivity index (χ1n) is 14.3. The quantitative estimate of drug-likeness (QED) is 0.188. The van der Waals surface area contributed by atoms with Crippen molar-refractivity contribution in [3.05, 3.63) is 102 Å². The number of aromatic nitrogens is 3. The van der Waals surface area contributed by atoms with Gasteiger partial charge in [0.1, 0.15) is 24.0 Å². The molecule has 0 saturated carbocycles. The standard InChI is InChI=1S/C34H37N7O3/c1-22-10-12-24(13-11-22)41-32(19-29(39-41)34(2,3)4)38-33(43)37-27-14-15-28(26-9-7-6-8-25(26)27)44-21-23-16-17-36-31(18-23)40(5)20-30(35)42/h6-19H,20-21H2,1-5H3,(H2,35,42)(H2,37,38,43). The van der Waals surface area contributed by atoms with E-state index in [-0.39, 0.29) is 24.6 Å². The molecule has 0 spiro atoms. The van der Waals surface area contributed by atoms with E-state index in [9.17, 15) is 9.59 Å². The highest BCUT2D eigenvalue weighted by Crippen LogP contribution is 2.33. The summed E-state index contributed by atoms with van der Waals surface area (Å²) in [6, 6.07) is 24.6. The van der Waals surface area contributed by atoms with E-state index < -0.39 is 5.91 Å². The van der Waals surface area contributed by atoms with E-state index >= 15 is 0 Å². The normalized spacial score (nSPS) is 11.3. The third-order valence-electron chi connectivity index (χ3n) is 7.12. The summed E-state index contributed by atoms with van der Waals surface area (Å²) in [6.07, 6.45) is 1.67. The van der Waals surface area contributed by atoms with Crippen molar-refractivity contribution in [1.82, 2.24) is 14.8 Å².